The molecule has 0 aliphatic heterocycles. The molecule has 0 saturated heterocycles. The van der Waals surface area contributed by atoms with E-state index in [1.165, 1.54) is 12.5 Å². The minimum Gasteiger partial charge on any atom is -0.376 e. The summed E-state index contributed by atoms with van der Waals surface area (Å²) in [5, 5.41) is 5.89. The molecule has 0 heterocycles. The van der Waals surface area contributed by atoms with E-state index in [1.807, 2.05) is 24.3 Å². The fraction of sp³-hybridized carbons (Fsp3) is 0.263. The molecule has 0 radical (unpaired) electrons. The van der Waals surface area contributed by atoms with Crippen molar-refractivity contribution in [2.75, 3.05) is 17.2 Å². The topological polar surface area (TPSA) is 58.2 Å². The molecule has 0 fully saturated rings. The second kappa shape index (κ2) is 8.13. The Kier molecular flexibility index (Phi) is 5.92. The monoisotopic (exact) mass is 310 g/mol. The molecule has 0 aliphatic rings. The van der Waals surface area contributed by atoms with E-state index in [2.05, 4.69) is 17.6 Å². The third-order valence-corrected chi connectivity index (χ3v) is 3.52. The summed E-state index contributed by atoms with van der Waals surface area (Å²) in [5.74, 6) is -0.0790. The zero-order chi connectivity index (χ0) is 16.7. The molecule has 4 heteroatoms. The number of benzene rings is 2. The highest BCUT2D eigenvalue weighted by molar-refractivity contribution is 5.95. The first-order chi connectivity index (χ1) is 11.1. The van der Waals surface area contributed by atoms with Crippen molar-refractivity contribution in [1.82, 2.24) is 0 Å². The Hall–Kier alpha value is -2.62. The van der Waals surface area contributed by atoms with Gasteiger partial charge in [0.1, 0.15) is 0 Å². The lowest BCUT2D eigenvalue weighted by atomic mass is 10.1. The maximum absolute atomic E-state index is 11.9. The van der Waals surface area contributed by atoms with Crippen molar-refractivity contribution in [1.29, 1.82) is 0 Å². The van der Waals surface area contributed by atoms with E-state index in [0.717, 1.165) is 24.2 Å². The highest BCUT2D eigenvalue weighted by atomic mass is 16.2. The molecule has 2 aromatic carbocycles. The largest absolute Gasteiger partial charge is 0.376 e. The summed E-state index contributed by atoms with van der Waals surface area (Å²) in [7, 11) is 0. The Morgan fingerprint density at radius 1 is 0.913 bits per heavy atom. The van der Waals surface area contributed by atoms with E-state index in [4.69, 9.17) is 0 Å². The molecule has 120 valence electrons. The van der Waals surface area contributed by atoms with Gasteiger partial charge in [-0.15, -0.1) is 0 Å². The highest BCUT2D eigenvalue weighted by Gasteiger charge is 2.03. The summed E-state index contributed by atoms with van der Waals surface area (Å²) in [6.07, 6.45) is 2.16. The third-order valence-electron chi connectivity index (χ3n) is 3.52. The van der Waals surface area contributed by atoms with Crippen LogP contribution in [0.1, 0.15) is 36.2 Å². The van der Waals surface area contributed by atoms with Crippen molar-refractivity contribution < 1.29 is 9.59 Å². The van der Waals surface area contributed by atoms with Crippen molar-refractivity contribution in [2.24, 2.45) is 0 Å². The zero-order valence-electron chi connectivity index (χ0n) is 13.6. The van der Waals surface area contributed by atoms with Gasteiger partial charge < -0.3 is 10.6 Å². The van der Waals surface area contributed by atoms with E-state index in [0.29, 0.717) is 5.56 Å². The van der Waals surface area contributed by atoms with Gasteiger partial charge in [-0.3, -0.25) is 9.59 Å². The number of carbonyl (C=O) groups is 2. The lowest BCUT2D eigenvalue weighted by molar-refractivity contribution is -0.114. The summed E-state index contributed by atoms with van der Waals surface area (Å²) in [5.41, 5.74) is 3.54. The second-order valence-electron chi connectivity index (χ2n) is 5.48. The van der Waals surface area contributed by atoms with Crippen LogP contribution < -0.4 is 10.6 Å². The summed E-state index contributed by atoms with van der Waals surface area (Å²) in [6, 6.07) is 15.0. The molecule has 0 aliphatic carbocycles. The lowest BCUT2D eigenvalue weighted by Gasteiger charge is -2.09. The van der Waals surface area contributed by atoms with Gasteiger partial charge in [-0.25, -0.2) is 0 Å². The molecule has 2 aromatic rings. The van der Waals surface area contributed by atoms with Gasteiger partial charge in [0.15, 0.2) is 5.78 Å². The average molecular weight is 310 g/mol. The van der Waals surface area contributed by atoms with Gasteiger partial charge in [-0.05, 0) is 55.3 Å². The summed E-state index contributed by atoms with van der Waals surface area (Å²) in [6.45, 7) is 3.85. The molecular formula is C19H22N2O2. The predicted octanol–water partition coefficient (Wildman–Crippen LogP) is 3.89. The van der Waals surface area contributed by atoms with Crippen molar-refractivity contribution in [3.63, 3.8) is 0 Å². The van der Waals surface area contributed by atoms with E-state index in [1.54, 1.807) is 24.3 Å². The number of rotatable bonds is 7. The normalized spacial score (nSPS) is 10.2. The van der Waals surface area contributed by atoms with Gasteiger partial charge in [0.2, 0.25) is 5.91 Å². The maximum Gasteiger partial charge on any atom is 0.243 e. The molecular weight excluding hydrogens is 288 g/mol. The fourth-order valence-corrected chi connectivity index (χ4v) is 2.25. The fourth-order valence-electron chi connectivity index (χ4n) is 2.25. The average Bonchev–Trinajstić information content (AvgIpc) is 2.55. The molecule has 23 heavy (non-hydrogen) atoms. The Bertz CT molecular complexity index is 661. The molecule has 1 amide bonds. The Labute approximate surface area is 136 Å². The molecule has 0 spiro atoms. The number of aryl methyl sites for hydroxylation is 1. The molecule has 0 atom stereocenters. The molecule has 0 unspecified atom stereocenters. The SMILES string of the molecule is CCCc1ccc(NC(=O)CNc2ccc(C(C)=O)cc2)cc1. The van der Waals surface area contributed by atoms with Gasteiger partial charge in [-0.1, -0.05) is 25.5 Å². The minimum absolute atomic E-state index is 0.0285. The van der Waals surface area contributed by atoms with Gasteiger partial charge in [0.25, 0.3) is 0 Å². The number of hydrogen-bond donors (Lipinski definition) is 2. The third kappa shape index (κ3) is 5.25. The van der Waals surface area contributed by atoms with E-state index in [9.17, 15) is 9.59 Å². The number of amides is 1. The number of anilines is 2. The number of nitrogens with one attached hydrogen (secondary N) is 2. The Balaban J connectivity index is 1.83. The number of carbonyl (C=O) groups excluding carboxylic acids is 2. The van der Waals surface area contributed by atoms with Crippen LogP contribution in [0.25, 0.3) is 0 Å². The van der Waals surface area contributed by atoms with Crippen molar-refractivity contribution in [3.05, 3.63) is 59.7 Å². The van der Waals surface area contributed by atoms with Crippen LogP contribution in [0.2, 0.25) is 0 Å². The van der Waals surface area contributed by atoms with Gasteiger partial charge in [0, 0.05) is 16.9 Å². The lowest BCUT2D eigenvalue weighted by Crippen LogP contribution is -2.21. The van der Waals surface area contributed by atoms with Crippen molar-refractivity contribution in [3.8, 4) is 0 Å². The molecule has 0 bridgehead atoms. The van der Waals surface area contributed by atoms with Crippen molar-refractivity contribution in [2.45, 2.75) is 26.7 Å². The number of Topliss-reactive ketones (excluding diaryl/α,β-unsaturated/α-hetero) is 1. The first-order valence-electron chi connectivity index (χ1n) is 7.82. The van der Waals surface area contributed by atoms with Crippen LogP contribution in [0.5, 0.6) is 0 Å². The van der Waals surface area contributed by atoms with E-state index >= 15 is 0 Å². The van der Waals surface area contributed by atoms with Gasteiger partial charge in [-0.2, -0.15) is 0 Å². The summed E-state index contributed by atoms with van der Waals surface area (Å²) < 4.78 is 0. The van der Waals surface area contributed by atoms with Gasteiger partial charge >= 0.3 is 0 Å². The minimum atomic E-state index is -0.108. The number of hydrogen-bond acceptors (Lipinski definition) is 3. The van der Waals surface area contributed by atoms with Crippen LogP contribution in [-0.4, -0.2) is 18.2 Å². The molecule has 2 rings (SSSR count). The Morgan fingerprint density at radius 3 is 2.09 bits per heavy atom. The summed E-state index contributed by atoms with van der Waals surface area (Å²) >= 11 is 0. The van der Waals surface area contributed by atoms with Crippen LogP contribution >= 0.6 is 0 Å². The molecule has 0 aromatic heterocycles. The molecule has 4 nitrogen and oxygen atoms in total. The van der Waals surface area contributed by atoms with Crippen molar-refractivity contribution >= 4 is 23.1 Å². The van der Waals surface area contributed by atoms with Crippen LogP contribution in [-0.2, 0) is 11.2 Å². The quantitative estimate of drug-likeness (QED) is 0.763. The Morgan fingerprint density at radius 2 is 1.52 bits per heavy atom. The van der Waals surface area contributed by atoms with Crippen LogP contribution in [0.15, 0.2) is 48.5 Å². The second-order valence-corrected chi connectivity index (χ2v) is 5.48. The van der Waals surface area contributed by atoms with Crippen LogP contribution in [0, 0.1) is 0 Å². The first-order valence-corrected chi connectivity index (χ1v) is 7.82. The first kappa shape index (κ1) is 16.7. The van der Waals surface area contributed by atoms with E-state index < -0.39 is 0 Å². The number of ketones is 1. The smallest absolute Gasteiger partial charge is 0.243 e. The molecule has 0 saturated carbocycles. The van der Waals surface area contributed by atoms with Crippen LogP contribution in [0.3, 0.4) is 0 Å². The summed E-state index contributed by atoms with van der Waals surface area (Å²) in [4.78, 5) is 23.2. The maximum atomic E-state index is 11.9. The highest BCUT2D eigenvalue weighted by Crippen LogP contribution is 2.12. The predicted molar refractivity (Wildman–Crippen MR) is 94.0 cm³/mol. The van der Waals surface area contributed by atoms with Gasteiger partial charge in [0.05, 0.1) is 6.54 Å². The van der Waals surface area contributed by atoms with Crippen LogP contribution in [0.4, 0.5) is 11.4 Å². The van der Waals surface area contributed by atoms with E-state index in [-0.39, 0.29) is 18.2 Å². The molecule has 2 N–H and O–H groups in total. The zero-order valence-corrected chi connectivity index (χ0v) is 13.6. The standard InChI is InChI=1S/C19H22N2O2/c1-3-4-15-5-9-18(10-6-15)21-19(23)13-20-17-11-7-16(8-12-17)14(2)22/h5-12,20H,3-4,13H2,1-2H3,(H,21,23).